The lowest BCUT2D eigenvalue weighted by molar-refractivity contribution is -0.142. The number of amides is 1. The molecule has 0 bridgehead atoms. The molecule has 0 fully saturated rings. The Morgan fingerprint density at radius 1 is 1.43 bits per heavy atom. The van der Waals surface area contributed by atoms with Crippen molar-refractivity contribution < 1.29 is 14.7 Å². The predicted octanol–water partition coefficient (Wildman–Crippen LogP) is 0.112. The van der Waals surface area contributed by atoms with Crippen molar-refractivity contribution >= 4 is 24.3 Å². The molecule has 0 heterocycles. The third kappa shape index (κ3) is 5.04. The van der Waals surface area contributed by atoms with Gasteiger partial charge in [-0.1, -0.05) is 19.8 Å². The van der Waals surface area contributed by atoms with Gasteiger partial charge in [0.1, 0.15) is 6.04 Å². The number of carboxylic acid groups (broad SMARTS) is 1. The van der Waals surface area contributed by atoms with Gasteiger partial charge in [-0.05, 0) is 6.42 Å². The Balaban J connectivity index is 0. The van der Waals surface area contributed by atoms with Crippen LogP contribution in [0.3, 0.4) is 0 Å². The SMILES string of the molecule is CCCCC(C(N)=O)[C@H](N)C(=O)O.Cl. The van der Waals surface area contributed by atoms with Gasteiger partial charge in [0.25, 0.3) is 0 Å². The van der Waals surface area contributed by atoms with Crippen molar-refractivity contribution in [2.75, 3.05) is 0 Å². The largest absolute Gasteiger partial charge is 0.480 e. The van der Waals surface area contributed by atoms with Crippen LogP contribution in [-0.4, -0.2) is 23.0 Å². The molecule has 84 valence electrons. The summed E-state index contributed by atoms with van der Waals surface area (Å²) < 4.78 is 0. The van der Waals surface area contributed by atoms with E-state index in [0.29, 0.717) is 6.42 Å². The van der Waals surface area contributed by atoms with Crippen LogP contribution in [0.5, 0.6) is 0 Å². The van der Waals surface area contributed by atoms with Crippen molar-refractivity contribution in [2.45, 2.75) is 32.2 Å². The van der Waals surface area contributed by atoms with E-state index in [1.54, 1.807) is 0 Å². The minimum atomic E-state index is -1.18. The molecule has 0 spiro atoms. The number of aliphatic carboxylic acids is 1. The monoisotopic (exact) mass is 224 g/mol. The Bertz CT molecular complexity index is 199. The van der Waals surface area contributed by atoms with E-state index in [1.807, 2.05) is 6.92 Å². The summed E-state index contributed by atoms with van der Waals surface area (Å²) >= 11 is 0. The Kier molecular flexibility index (Phi) is 8.48. The van der Waals surface area contributed by atoms with Gasteiger partial charge in [-0.25, -0.2) is 0 Å². The zero-order valence-electron chi connectivity index (χ0n) is 8.10. The first kappa shape index (κ1) is 15.7. The highest BCUT2D eigenvalue weighted by Crippen LogP contribution is 2.11. The van der Waals surface area contributed by atoms with Crippen LogP contribution in [0.15, 0.2) is 0 Å². The van der Waals surface area contributed by atoms with E-state index in [2.05, 4.69) is 0 Å². The van der Waals surface area contributed by atoms with E-state index >= 15 is 0 Å². The van der Waals surface area contributed by atoms with Crippen molar-refractivity contribution in [3.8, 4) is 0 Å². The maximum atomic E-state index is 10.8. The van der Waals surface area contributed by atoms with Crippen LogP contribution in [-0.2, 0) is 9.59 Å². The number of unbranched alkanes of at least 4 members (excludes halogenated alkanes) is 1. The number of hydrogen-bond acceptors (Lipinski definition) is 3. The molecule has 5 nitrogen and oxygen atoms in total. The molecule has 0 aliphatic carbocycles. The van der Waals surface area contributed by atoms with Crippen LogP contribution in [0, 0.1) is 5.92 Å². The lowest BCUT2D eigenvalue weighted by Crippen LogP contribution is -2.44. The Morgan fingerprint density at radius 3 is 2.21 bits per heavy atom. The molecule has 0 saturated heterocycles. The summed E-state index contributed by atoms with van der Waals surface area (Å²) in [5, 5.41) is 8.57. The molecule has 0 radical (unpaired) electrons. The van der Waals surface area contributed by atoms with Crippen molar-refractivity contribution in [3.05, 3.63) is 0 Å². The fourth-order valence-electron chi connectivity index (χ4n) is 1.09. The first-order valence-corrected chi connectivity index (χ1v) is 4.28. The van der Waals surface area contributed by atoms with Gasteiger partial charge in [0.2, 0.25) is 5.91 Å². The predicted molar refractivity (Wildman–Crippen MR) is 55.1 cm³/mol. The van der Waals surface area contributed by atoms with Crippen molar-refractivity contribution in [1.82, 2.24) is 0 Å². The van der Waals surface area contributed by atoms with Gasteiger partial charge in [0, 0.05) is 0 Å². The average Bonchev–Trinajstić information content (AvgIpc) is 2.04. The third-order valence-electron chi connectivity index (χ3n) is 1.95. The number of hydrogen-bond donors (Lipinski definition) is 3. The Morgan fingerprint density at radius 2 is 1.93 bits per heavy atom. The van der Waals surface area contributed by atoms with Crippen LogP contribution in [0.25, 0.3) is 0 Å². The quantitative estimate of drug-likeness (QED) is 0.595. The lowest BCUT2D eigenvalue weighted by atomic mass is 9.94. The van der Waals surface area contributed by atoms with Crippen LogP contribution in [0.2, 0.25) is 0 Å². The molecular formula is C8H17ClN2O3. The van der Waals surface area contributed by atoms with Crippen LogP contribution in [0.1, 0.15) is 26.2 Å². The highest BCUT2D eigenvalue weighted by Gasteiger charge is 2.28. The number of rotatable bonds is 6. The van der Waals surface area contributed by atoms with Gasteiger partial charge < -0.3 is 16.6 Å². The standard InChI is InChI=1S/C8H16N2O3.ClH/c1-2-3-4-5(7(10)11)6(9)8(12)13;/h5-6H,2-4,9H2,1H3,(H2,10,11)(H,12,13);1H/t5?,6-;/m0./s1. The number of carbonyl (C=O) groups is 2. The fourth-order valence-corrected chi connectivity index (χ4v) is 1.09. The summed E-state index contributed by atoms with van der Waals surface area (Å²) in [6.07, 6.45) is 2.09. The molecular weight excluding hydrogens is 208 g/mol. The topological polar surface area (TPSA) is 106 Å². The summed E-state index contributed by atoms with van der Waals surface area (Å²) in [5.74, 6) is -2.57. The summed E-state index contributed by atoms with van der Waals surface area (Å²) in [5.41, 5.74) is 10.3. The molecule has 1 amide bonds. The Hall–Kier alpha value is -0.810. The number of halogens is 1. The van der Waals surface area contributed by atoms with Crippen molar-refractivity contribution in [1.29, 1.82) is 0 Å². The molecule has 6 heteroatoms. The van der Waals surface area contributed by atoms with E-state index in [4.69, 9.17) is 16.6 Å². The number of carboxylic acids is 1. The van der Waals surface area contributed by atoms with Crippen molar-refractivity contribution in [2.24, 2.45) is 17.4 Å². The van der Waals surface area contributed by atoms with Crippen molar-refractivity contribution in [3.63, 3.8) is 0 Å². The normalized spacial score (nSPS) is 13.9. The first-order valence-electron chi connectivity index (χ1n) is 4.28. The molecule has 5 N–H and O–H groups in total. The van der Waals surface area contributed by atoms with Gasteiger partial charge in [-0.2, -0.15) is 0 Å². The van der Waals surface area contributed by atoms with E-state index in [1.165, 1.54) is 0 Å². The third-order valence-corrected chi connectivity index (χ3v) is 1.95. The van der Waals surface area contributed by atoms with Gasteiger partial charge in [-0.3, -0.25) is 9.59 Å². The molecule has 0 aliphatic rings. The molecule has 1 unspecified atom stereocenters. The summed E-state index contributed by atoms with van der Waals surface area (Å²) in [4.78, 5) is 21.3. The van der Waals surface area contributed by atoms with E-state index < -0.39 is 23.8 Å². The highest BCUT2D eigenvalue weighted by molar-refractivity contribution is 5.85. The zero-order chi connectivity index (χ0) is 10.4. The molecule has 0 aliphatic heterocycles. The van der Waals surface area contributed by atoms with Gasteiger partial charge in [0.15, 0.2) is 0 Å². The fraction of sp³-hybridized carbons (Fsp3) is 0.750. The summed E-state index contributed by atoms with van der Waals surface area (Å²) in [6.45, 7) is 1.95. The lowest BCUT2D eigenvalue weighted by Gasteiger charge is -2.16. The maximum absolute atomic E-state index is 10.8. The minimum absolute atomic E-state index is 0. The molecule has 2 atom stereocenters. The van der Waals surface area contributed by atoms with Gasteiger partial charge >= 0.3 is 5.97 Å². The molecule has 14 heavy (non-hydrogen) atoms. The molecule has 0 rings (SSSR count). The van der Waals surface area contributed by atoms with E-state index in [-0.39, 0.29) is 12.4 Å². The van der Waals surface area contributed by atoms with E-state index in [0.717, 1.165) is 12.8 Å². The number of primary amides is 1. The summed E-state index contributed by atoms with van der Waals surface area (Å²) in [7, 11) is 0. The molecule has 0 aromatic heterocycles. The molecule has 0 saturated carbocycles. The number of carbonyl (C=O) groups excluding carboxylic acids is 1. The number of nitrogens with two attached hydrogens (primary N) is 2. The second-order valence-electron chi connectivity index (χ2n) is 3.02. The van der Waals surface area contributed by atoms with E-state index in [9.17, 15) is 9.59 Å². The smallest absolute Gasteiger partial charge is 0.321 e. The minimum Gasteiger partial charge on any atom is -0.480 e. The maximum Gasteiger partial charge on any atom is 0.321 e. The van der Waals surface area contributed by atoms with Gasteiger partial charge in [0.05, 0.1) is 5.92 Å². The van der Waals surface area contributed by atoms with Crippen LogP contribution < -0.4 is 11.5 Å². The van der Waals surface area contributed by atoms with Crippen LogP contribution >= 0.6 is 12.4 Å². The highest BCUT2D eigenvalue weighted by atomic mass is 35.5. The molecule has 0 aromatic rings. The molecule has 0 aromatic carbocycles. The average molecular weight is 225 g/mol. The Labute approximate surface area is 89.2 Å². The summed E-state index contributed by atoms with van der Waals surface area (Å²) in [6, 6.07) is -1.18. The second-order valence-corrected chi connectivity index (χ2v) is 3.02. The first-order chi connectivity index (χ1) is 6.00. The second kappa shape index (κ2) is 7.58. The van der Waals surface area contributed by atoms with Gasteiger partial charge in [-0.15, -0.1) is 12.4 Å². The zero-order valence-corrected chi connectivity index (χ0v) is 8.92. The van der Waals surface area contributed by atoms with Crippen LogP contribution in [0.4, 0.5) is 0 Å².